The molecular formula is C23H27N3O2S. The Labute approximate surface area is 175 Å². The van der Waals surface area contributed by atoms with Crippen molar-refractivity contribution in [3.05, 3.63) is 63.9 Å². The highest BCUT2D eigenvalue weighted by molar-refractivity contribution is 8.00. The van der Waals surface area contributed by atoms with Gasteiger partial charge in [-0.1, -0.05) is 55.9 Å². The van der Waals surface area contributed by atoms with Crippen LogP contribution < -0.4 is 10.9 Å². The van der Waals surface area contributed by atoms with Gasteiger partial charge in [-0.25, -0.2) is 4.98 Å². The number of aromatic nitrogens is 2. The van der Waals surface area contributed by atoms with E-state index in [-0.39, 0.29) is 11.5 Å². The van der Waals surface area contributed by atoms with Gasteiger partial charge >= 0.3 is 0 Å². The quantitative estimate of drug-likeness (QED) is 0.461. The molecule has 0 radical (unpaired) electrons. The van der Waals surface area contributed by atoms with Crippen molar-refractivity contribution in [3.8, 4) is 0 Å². The number of carbonyl (C=O) groups excluding carboxylic acids is 1. The minimum Gasteiger partial charge on any atom is -0.325 e. The Hall–Kier alpha value is -2.60. The van der Waals surface area contributed by atoms with E-state index in [2.05, 4.69) is 24.1 Å². The molecule has 1 aromatic heterocycles. The fraction of sp³-hybridized carbons (Fsp3) is 0.348. The normalized spacial score (nSPS) is 12.3. The number of hydrogen-bond donors (Lipinski definition) is 1. The third-order valence-electron chi connectivity index (χ3n) is 4.97. The molecule has 2 aromatic carbocycles. The van der Waals surface area contributed by atoms with Crippen LogP contribution in [0.25, 0.3) is 10.9 Å². The lowest BCUT2D eigenvalue weighted by atomic mass is 9.98. The zero-order valence-corrected chi connectivity index (χ0v) is 18.3. The van der Waals surface area contributed by atoms with E-state index in [1.54, 1.807) is 10.6 Å². The van der Waals surface area contributed by atoms with Gasteiger partial charge in [0.1, 0.15) is 0 Å². The lowest BCUT2D eigenvalue weighted by Crippen LogP contribution is -2.27. The lowest BCUT2D eigenvalue weighted by molar-refractivity contribution is -0.115. The molecule has 0 aliphatic rings. The van der Waals surface area contributed by atoms with E-state index < -0.39 is 5.25 Å². The molecule has 6 heteroatoms. The first kappa shape index (κ1) is 21.1. The van der Waals surface area contributed by atoms with Gasteiger partial charge in [0.15, 0.2) is 5.16 Å². The average Bonchev–Trinajstić information content (AvgIpc) is 2.69. The second-order valence-corrected chi connectivity index (χ2v) is 8.71. The standard InChI is InChI=1S/C23H27N3O2S/c1-6-26-22(28)18-11-7-8-13-19(18)24-23(26)29-16(5)21(27)25-20-15(4)10-9-12-17(20)14(2)3/h7-14,16H,6H2,1-5H3,(H,25,27)/t16-/m0/s1. The molecule has 152 valence electrons. The van der Waals surface area contributed by atoms with Crippen LogP contribution in [0.4, 0.5) is 5.69 Å². The van der Waals surface area contributed by atoms with Crippen LogP contribution in [-0.2, 0) is 11.3 Å². The van der Waals surface area contributed by atoms with Crippen molar-refractivity contribution < 1.29 is 4.79 Å². The topological polar surface area (TPSA) is 64.0 Å². The van der Waals surface area contributed by atoms with E-state index in [4.69, 9.17) is 0 Å². The smallest absolute Gasteiger partial charge is 0.262 e. The van der Waals surface area contributed by atoms with Crippen LogP contribution in [0.1, 0.15) is 44.7 Å². The summed E-state index contributed by atoms with van der Waals surface area (Å²) in [7, 11) is 0. The van der Waals surface area contributed by atoms with Crippen LogP contribution in [0.3, 0.4) is 0 Å². The van der Waals surface area contributed by atoms with Gasteiger partial charge in [0.25, 0.3) is 5.56 Å². The third kappa shape index (κ3) is 4.37. The van der Waals surface area contributed by atoms with Crippen molar-refractivity contribution in [1.29, 1.82) is 0 Å². The summed E-state index contributed by atoms with van der Waals surface area (Å²) in [6, 6.07) is 13.4. The second kappa shape index (κ2) is 8.82. The van der Waals surface area contributed by atoms with E-state index in [1.807, 2.05) is 57.2 Å². The fourth-order valence-corrected chi connectivity index (χ4v) is 4.27. The number of nitrogens with zero attached hydrogens (tertiary/aromatic N) is 2. The summed E-state index contributed by atoms with van der Waals surface area (Å²) < 4.78 is 1.63. The molecule has 0 saturated carbocycles. The molecular weight excluding hydrogens is 382 g/mol. The molecule has 0 spiro atoms. The van der Waals surface area contributed by atoms with Crippen molar-refractivity contribution in [1.82, 2.24) is 9.55 Å². The lowest BCUT2D eigenvalue weighted by Gasteiger charge is -2.19. The molecule has 0 aliphatic heterocycles. The highest BCUT2D eigenvalue weighted by Crippen LogP contribution is 2.29. The van der Waals surface area contributed by atoms with Gasteiger partial charge in [0.2, 0.25) is 5.91 Å². The molecule has 0 aliphatic carbocycles. The Morgan fingerprint density at radius 3 is 2.55 bits per heavy atom. The zero-order chi connectivity index (χ0) is 21.1. The van der Waals surface area contributed by atoms with Crippen molar-refractivity contribution in [2.24, 2.45) is 0 Å². The van der Waals surface area contributed by atoms with Crippen LogP contribution >= 0.6 is 11.8 Å². The molecule has 1 amide bonds. The van der Waals surface area contributed by atoms with E-state index in [1.165, 1.54) is 11.8 Å². The maximum absolute atomic E-state index is 12.9. The SMILES string of the molecule is CCn1c(S[C@@H](C)C(=O)Nc2c(C)cccc2C(C)C)nc2ccccc2c1=O. The first-order valence-electron chi connectivity index (χ1n) is 9.90. The summed E-state index contributed by atoms with van der Waals surface area (Å²) in [5, 5.41) is 3.85. The number of carbonyl (C=O) groups is 1. The summed E-state index contributed by atoms with van der Waals surface area (Å²) in [6.45, 7) is 10.5. The second-order valence-electron chi connectivity index (χ2n) is 7.40. The third-order valence-corrected chi connectivity index (χ3v) is 6.06. The Balaban J connectivity index is 1.89. The Morgan fingerprint density at radius 1 is 1.14 bits per heavy atom. The van der Waals surface area contributed by atoms with Crippen LogP contribution in [0, 0.1) is 6.92 Å². The molecule has 0 bridgehead atoms. The van der Waals surface area contributed by atoms with Crippen LogP contribution in [0.2, 0.25) is 0 Å². The first-order valence-corrected chi connectivity index (χ1v) is 10.8. The predicted octanol–water partition coefficient (Wildman–Crippen LogP) is 4.97. The predicted molar refractivity (Wildman–Crippen MR) is 121 cm³/mol. The minimum atomic E-state index is -0.402. The first-order chi connectivity index (χ1) is 13.8. The van der Waals surface area contributed by atoms with Crippen LogP contribution in [-0.4, -0.2) is 20.7 Å². The molecule has 29 heavy (non-hydrogen) atoms. The van der Waals surface area contributed by atoms with Crippen molar-refractivity contribution in [3.63, 3.8) is 0 Å². The number of para-hydroxylation sites is 2. The average molecular weight is 410 g/mol. The van der Waals surface area contributed by atoms with E-state index in [0.29, 0.717) is 28.5 Å². The summed E-state index contributed by atoms with van der Waals surface area (Å²) in [4.78, 5) is 30.4. The van der Waals surface area contributed by atoms with Crippen LogP contribution in [0.15, 0.2) is 52.4 Å². The van der Waals surface area contributed by atoms with E-state index in [0.717, 1.165) is 16.8 Å². The number of fused-ring (bicyclic) bond motifs is 1. The molecule has 0 saturated heterocycles. The Morgan fingerprint density at radius 2 is 1.86 bits per heavy atom. The van der Waals surface area contributed by atoms with Gasteiger partial charge in [-0.2, -0.15) is 0 Å². The molecule has 1 N–H and O–H groups in total. The summed E-state index contributed by atoms with van der Waals surface area (Å²) >= 11 is 1.31. The van der Waals surface area contributed by atoms with Crippen LogP contribution in [0.5, 0.6) is 0 Å². The zero-order valence-electron chi connectivity index (χ0n) is 17.5. The molecule has 5 nitrogen and oxygen atoms in total. The van der Waals surface area contributed by atoms with Gasteiger partial charge in [0.05, 0.1) is 16.2 Å². The molecule has 3 aromatic rings. The minimum absolute atomic E-state index is 0.0748. The maximum Gasteiger partial charge on any atom is 0.262 e. The molecule has 1 atom stereocenters. The van der Waals surface area contributed by atoms with Gasteiger partial charge < -0.3 is 5.32 Å². The highest BCUT2D eigenvalue weighted by atomic mass is 32.2. The fourth-order valence-electron chi connectivity index (χ4n) is 3.30. The van der Waals surface area contributed by atoms with E-state index in [9.17, 15) is 9.59 Å². The summed E-state index contributed by atoms with van der Waals surface area (Å²) in [6.07, 6.45) is 0. The largest absolute Gasteiger partial charge is 0.325 e. The van der Waals surface area contributed by atoms with Crippen molar-refractivity contribution in [2.75, 3.05) is 5.32 Å². The van der Waals surface area contributed by atoms with Gasteiger partial charge in [-0.05, 0) is 49.9 Å². The number of amides is 1. The Kier molecular flexibility index (Phi) is 6.42. The van der Waals surface area contributed by atoms with E-state index >= 15 is 0 Å². The molecule has 1 heterocycles. The van der Waals surface area contributed by atoms with Crippen molar-refractivity contribution in [2.45, 2.75) is 57.5 Å². The summed E-state index contributed by atoms with van der Waals surface area (Å²) in [5.74, 6) is 0.205. The molecule has 3 rings (SSSR count). The number of aryl methyl sites for hydroxylation is 1. The maximum atomic E-state index is 12.9. The van der Waals surface area contributed by atoms with Gasteiger partial charge in [0, 0.05) is 12.2 Å². The number of thioether (sulfide) groups is 1. The highest BCUT2D eigenvalue weighted by Gasteiger charge is 2.21. The van der Waals surface area contributed by atoms with Gasteiger partial charge in [-0.15, -0.1) is 0 Å². The number of hydrogen-bond acceptors (Lipinski definition) is 4. The monoisotopic (exact) mass is 409 g/mol. The summed E-state index contributed by atoms with van der Waals surface area (Å²) in [5.41, 5.74) is 3.60. The van der Waals surface area contributed by atoms with Gasteiger partial charge in [-0.3, -0.25) is 14.2 Å². The molecule has 0 unspecified atom stereocenters. The number of rotatable bonds is 6. The number of benzene rings is 2. The molecule has 0 fully saturated rings. The number of anilines is 1. The Bertz CT molecular complexity index is 1100. The van der Waals surface area contributed by atoms with Crippen molar-refractivity contribution >= 4 is 34.3 Å². The number of nitrogens with one attached hydrogen (secondary N) is 1.